The fourth-order valence-corrected chi connectivity index (χ4v) is 2.44. The number of carbonyl (C=O) groups excluding carboxylic acids is 2. The smallest absolute Gasteiger partial charge is 0.249 e. The van der Waals surface area contributed by atoms with Crippen molar-refractivity contribution in [3.05, 3.63) is 56.5 Å². The van der Waals surface area contributed by atoms with Gasteiger partial charge in [-0.05, 0) is 57.9 Å². The van der Waals surface area contributed by atoms with Crippen LogP contribution in [0.4, 0.5) is 5.69 Å². The largest absolute Gasteiger partial charge is 0.507 e. The zero-order valence-corrected chi connectivity index (χ0v) is 15.7. The predicted octanol–water partition coefficient (Wildman–Crippen LogP) is 3.94. The van der Waals surface area contributed by atoms with E-state index in [4.69, 9.17) is 23.2 Å². The molecule has 0 saturated heterocycles. The number of phenols is 1. The van der Waals surface area contributed by atoms with Gasteiger partial charge in [0.25, 0.3) is 0 Å². The number of hydrogen-bond acceptors (Lipinski definition) is 4. The Kier molecular flexibility index (Phi) is 6.81. The number of benzene rings is 2. The molecule has 2 aromatic rings. The maximum Gasteiger partial charge on any atom is 0.249 e. The lowest BCUT2D eigenvalue weighted by Crippen LogP contribution is -2.24. The van der Waals surface area contributed by atoms with Crippen molar-refractivity contribution in [1.82, 2.24) is 5.43 Å². The van der Waals surface area contributed by atoms with Gasteiger partial charge in [0.1, 0.15) is 12.2 Å². The van der Waals surface area contributed by atoms with Crippen LogP contribution in [-0.2, 0) is 9.59 Å². The van der Waals surface area contributed by atoms with Crippen molar-refractivity contribution in [3.63, 3.8) is 0 Å². The number of hydrazone groups is 1. The van der Waals surface area contributed by atoms with Crippen LogP contribution in [0.25, 0.3) is 0 Å². The highest BCUT2D eigenvalue weighted by atomic mass is 79.9. The Morgan fingerprint density at radius 3 is 2.56 bits per heavy atom. The Morgan fingerprint density at radius 2 is 1.88 bits per heavy atom. The fraction of sp³-hybridized carbons (Fsp3) is 0.0625. The van der Waals surface area contributed by atoms with Gasteiger partial charge in [0.2, 0.25) is 11.8 Å². The highest BCUT2D eigenvalue weighted by molar-refractivity contribution is 9.10. The lowest BCUT2D eigenvalue weighted by atomic mass is 10.2. The number of aromatic hydroxyl groups is 1. The van der Waals surface area contributed by atoms with E-state index in [0.29, 0.717) is 25.8 Å². The molecule has 0 aliphatic heterocycles. The Hall–Kier alpha value is -2.09. The molecule has 0 heterocycles. The van der Waals surface area contributed by atoms with Crippen LogP contribution in [0, 0.1) is 0 Å². The molecule has 0 unspecified atom stereocenters. The minimum atomic E-state index is -0.577. The second-order valence-corrected chi connectivity index (χ2v) is 6.53. The van der Waals surface area contributed by atoms with Crippen molar-refractivity contribution >= 4 is 62.8 Å². The summed E-state index contributed by atoms with van der Waals surface area (Å²) in [7, 11) is 0. The first-order valence-corrected chi connectivity index (χ1v) is 8.45. The summed E-state index contributed by atoms with van der Waals surface area (Å²) in [5.41, 5.74) is 3.34. The third kappa shape index (κ3) is 6.04. The molecule has 0 aliphatic rings. The molecule has 2 amide bonds. The average Bonchev–Trinajstić information content (AvgIpc) is 2.54. The highest BCUT2D eigenvalue weighted by Crippen LogP contribution is 2.25. The summed E-state index contributed by atoms with van der Waals surface area (Å²) in [6.45, 7) is 0. The molecule has 2 rings (SSSR count). The van der Waals surface area contributed by atoms with Crippen molar-refractivity contribution in [2.45, 2.75) is 6.42 Å². The number of halogens is 3. The van der Waals surface area contributed by atoms with E-state index in [1.165, 1.54) is 18.3 Å². The zero-order chi connectivity index (χ0) is 18.4. The lowest BCUT2D eigenvalue weighted by Gasteiger charge is -2.05. The summed E-state index contributed by atoms with van der Waals surface area (Å²) in [5, 5.41) is 16.3. The first kappa shape index (κ1) is 19.2. The van der Waals surface area contributed by atoms with Crippen molar-refractivity contribution < 1.29 is 14.7 Å². The number of anilines is 1. The molecule has 0 aliphatic carbocycles. The number of amides is 2. The van der Waals surface area contributed by atoms with E-state index in [1.807, 2.05) is 0 Å². The number of phenolic OH excluding ortho intramolecular Hbond substituents is 1. The monoisotopic (exact) mass is 443 g/mol. The second-order valence-electron chi connectivity index (χ2n) is 4.86. The summed E-state index contributed by atoms with van der Waals surface area (Å²) in [4.78, 5) is 23.5. The summed E-state index contributed by atoms with van der Waals surface area (Å²) >= 11 is 14.8. The van der Waals surface area contributed by atoms with Crippen molar-refractivity contribution in [2.75, 3.05) is 5.32 Å². The Labute approximate surface area is 162 Å². The number of hydrogen-bond donors (Lipinski definition) is 3. The molecule has 25 heavy (non-hydrogen) atoms. The van der Waals surface area contributed by atoms with Crippen LogP contribution < -0.4 is 10.7 Å². The second kappa shape index (κ2) is 8.84. The predicted molar refractivity (Wildman–Crippen MR) is 101 cm³/mol. The first-order chi connectivity index (χ1) is 11.8. The molecule has 0 bridgehead atoms. The van der Waals surface area contributed by atoms with Gasteiger partial charge in [0.05, 0.1) is 20.7 Å². The Balaban J connectivity index is 1.84. The normalized spacial score (nSPS) is 10.7. The molecule has 0 aromatic heterocycles. The molecule has 2 aromatic carbocycles. The van der Waals surface area contributed by atoms with Crippen LogP contribution in [0.1, 0.15) is 12.0 Å². The third-order valence-electron chi connectivity index (χ3n) is 2.90. The van der Waals surface area contributed by atoms with E-state index >= 15 is 0 Å². The molecule has 9 heteroatoms. The highest BCUT2D eigenvalue weighted by Gasteiger charge is 2.10. The van der Waals surface area contributed by atoms with Gasteiger partial charge in [-0.2, -0.15) is 5.10 Å². The number of nitrogens with one attached hydrogen (secondary N) is 2. The average molecular weight is 445 g/mol. The molecule has 3 N–H and O–H groups in total. The first-order valence-electron chi connectivity index (χ1n) is 6.90. The van der Waals surface area contributed by atoms with E-state index in [-0.39, 0.29) is 5.75 Å². The quantitative estimate of drug-likeness (QED) is 0.370. The van der Waals surface area contributed by atoms with Crippen LogP contribution in [0.3, 0.4) is 0 Å². The summed E-state index contributed by atoms with van der Waals surface area (Å²) < 4.78 is 0.503. The van der Waals surface area contributed by atoms with Gasteiger partial charge >= 0.3 is 0 Å². The van der Waals surface area contributed by atoms with Crippen LogP contribution in [-0.4, -0.2) is 23.1 Å². The fourth-order valence-electron chi connectivity index (χ4n) is 1.75. The van der Waals surface area contributed by atoms with E-state index < -0.39 is 18.2 Å². The van der Waals surface area contributed by atoms with E-state index in [2.05, 4.69) is 31.8 Å². The van der Waals surface area contributed by atoms with E-state index in [9.17, 15) is 14.7 Å². The molecule has 0 saturated carbocycles. The van der Waals surface area contributed by atoms with Crippen molar-refractivity contribution in [3.8, 4) is 5.75 Å². The maximum absolute atomic E-state index is 11.8. The minimum Gasteiger partial charge on any atom is -0.507 e. The summed E-state index contributed by atoms with van der Waals surface area (Å²) in [6, 6.07) is 9.33. The molecule has 0 atom stereocenters. The van der Waals surface area contributed by atoms with Crippen LogP contribution >= 0.6 is 39.1 Å². The number of rotatable bonds is 5. The zero-order valence-electron chi connectivity index (χ0n) is 12.6. The lowest BCUT2D eigenvalue weighted by molar-refractivity contribution is -0.126. The van der Waals surface area contributed by atoms with Crippen molar-refractivity contribution in [2.24, 2.45) is 5.10 Å². The van der Waals surface area contributed by atoms with Gasteiger partial charge in [-0.1, -0.05) is 23.2 Å². The van der Waals surface area contributed by atoms with Gasteiger partial charge in [-0.3, -0.25) is 9.59 Å². The van der Waals surface area contributed by atoms with Crippen LogP contribution in [0.15, 0.2) is 46.0 Å². The number of carbonyl (C=O) groups is 2. The van der Waals surface area contributed by atoms with E-state index in [0.717, 1.165) is 0 Å². The van der Waals surface area contributed by atoms with Gasteiger partial charge in [0.15, 0.2) is 0 Å². The third-order valence-corrected chi connectivity index (χ3v) is 4.27. The topological polar surface area (TPSA) is 90.8 Å². The Morgan fingerprint density at radius 1 is 1.12 bits per heavy atom. The molecule has 0 radical (unpaired) electrons. The summed E-state index contributed by atoms with van der Waals surface area (Å²) in [6.07, 6.45) is 0.982. The van der Waals surface area contributed by atoms with Gasteiger partial charge in [0, 0.05) is 5.69 Å². The molecule has 0 spiro atoms. The number of nitrogens with zero attached hydrogens (tertiary/aromatic N) is 1. The molecular formula is C16H12BrCl2N3O3. The molecular weight excluding hydrogens is 433 g/mol. The van der Waals surface area contributed by atoms with Gasteiger partial charge in [-0.25, -0.2) is 5.43 Å². The van der Waals surface area contributed by atoms with E-state index in [1.54, 1.807) is 24.3 Å². The van der Waals surface area contributed by atoms with Gasteiger partial charge < -0.3 is 10.4 Å². The molecule has 6 nitrogen and oxygen atoms in total. The maximum atomic E-state index is 11.8. The standard InChI is InChI=1S/C16H12BrCl2N3O3/c17-11-5-9(1-4-14(11)23)8-20-22-16(25)7-15(24)21-10-2-3-12(18)13(19)6-10/h1-6,8,23H,7H2,(H,21,24)(H,22,25). The minimum absolute atomic E-state index is 0.0974. The molecule has 0 fully saturated rings. The van der Waals surface area contributed by atoms with Crippen LogP contribution in [0.2, 0.25) is 10.0 Å². The van der Waals surface area contributed by atoms with Crippen LogP contribution in [0.5, 0.6) is 5.75 Å². The summed E-state index contributed by atoms with van der Waals surface area (Å²) in [5.74, 6) is -0.995. The van der Waals surface area contributed by atoms with Gasteiger partial charge in [-0.15, -0.1) is 0 Å². The molecule has 130 valence electrons. The van der Waals surface area contributed by atoms with Crippen molar-refractivity contribution in [1.29, 1.82) is 0 Å². The SMILES string of the molecule is O=C(CC(=O)Nc1ccc(Cl)c(Cl)c1)NN=Cc1ccc(O)c(Br)c1. The Bertz CT molecular complexity index is 843.